The second-order valence-corrected chi connectivity index (χ2v) is 9.69. The van der Waals surface area contributed by atoms with Crippen LogP contribution in [0, 0.1) is 11.5 Å². The van der Waals surface area contributed by atoms with E-state index in [9.17, 15) is 0 Å². The lowest BCUT2D eigenvalue weighted by Gasteiger charge is -2.03. The second-order valence-electron chi connectivity index (χ2n) is 4.94. The molecule has 0 N–H and O–H groups in total. The number of hydrogen-bond acceptors (Lipinski definition) is 1. The maximum absolute atomic E-state index is 5.05. The molecule has 0 saturated carbocycles. The topological polar surface area (TPSA) is 9.23 Å². The van der Waals surface area contributed by atoms with E-state index in [0.29, 0.717) is 0 Å². The number of hydrogen-bond donors (Lipinski definition) is 0. The van der Waals surface area contributed by atoms with Gasteiger partial charge in [0.15, 0.2) is 0 Å². The molecule has 0 radical (unpaired) electrons. The first-order valence-electron chi connectivity index (χ1n) is 5.62. The maximum atomic E-state index is 5.05. The molecular formula is C14H20OSi. The van der Waals surface area contributed by atoms with Crippen LogP contribution >= 0.6 is 0 Å². The molecule has 0 saturated heterocycles. The van der Waals surface area contributed by atoms with Crippen molar-refractivity contribution in [1.29, 1.82) is 0 Å². The van der Waals surface area contributed by atoms with E-state index in [4.69, 9.17) is 4.74 Å². The first-order valence-corrected chi connectivity index (χ1v) is 9.12. The van der Waals surface area contributed by atoms with Crippen molar-refractivity contribution in [2.45, 2.75) is 26.1 Å². The Bertz CT molecular complexity index is 376. The highest BCUT2D eigenvalue weighted by atomic mass is 28.3. The zero-order valence-corrected chi connectivity index (χ0v) is 11.6. The van der Waals surface area contributed by atoms with E-state index in [2.05, 4.69) is 55.4 Å². The van der Waals surface area contributed by atoms with Gasteiger partial charge in [-0.25, -0.2) is 0 Å². The number of benzene rings is 1. The van der Waals surface area contributed by atoms with Crippen LogP contribution in [0.15, 0.2) is 24.3 Å². The fraction of sp³-hybridized carbons (Fsp3) is 0.429. The average Bonchev–Trinajstić information content (AvgIpc) is 2.24. The summed E-state index contributed by atoms with van der Waals surface area (Å²) in [6.45, 7) is 7.55. The third-order valence-corrected chi connectivity index (χ3v) is 3.01. The largest absolute Gasteiger partial charge is 0.384 e. The van der Waals surface area contributed by atoms with Crippen LogP contribution < -0.4 is 0 Å². The smallest absolute Gasteiger partial charge is 0.129 e. The van der Waals surface area contributed by atoms with Crippen LogP contribution in [0.2, 0.25) is 19.6 Å². The van der Waals surface area contributed by atoms with Crippen LogP contribution in [0.3, 0.4) is 0 Å². The molecule has 16 heavy (non-hydrogen) atoms. The lowest BCUT2D eigenvalue weighted by atomic mass is 10.1. The van der Waals surface area contributed by atoms with E-state index in [1.165, 1.54) is 5.56 Å². The van der Waals surface area contributed by atoms with Gasteiger partial charge in [-0.05, 0) is 24.1 Å². The lowest BCUT2D eigenvalue weighted by molar-refractivity contribution is 0.202. The van der Waals surface area contributed by atoms with Crippen LogP contribution in [0.1, 0.15) is 11.1 Å². The number of methoxy groups -OCH3 is 1. The van der Waals surface area contributed by atoms with Gasteiger partial charge >= 0.3 is 0 Å². The van der Waals surface area contributed by atoms with E-state index < -0.39 is 8.07 Å². The van der Waals surface area contributed by atoms with Gasteiger partial charge in [-0.2, -0.15) is 0 Å². The third kappa shape index (κ3) is 5.15. The summed E-state index contributed by atoms with van der Waals surface area (Å²) in [6.07, 6.45) is 0.970. The van der Waals surface area contributed by atoms with Crippen molar-refractivity contribution >= 4 is 8.07 Å². The molecule has 0 aromatic heterocycles. The highest BCUT2D eigenvalue weighted by Crippen LogP contribution is 2.05. The van der Waals surface area contributed by atoms with Gasteiger partial charge in [0.2, 0.25) is 0 Å². The van der Waals surface area contributed by atoms with Crippen molar-refractivity contribution in [3.63, 3.8) is 0 Å². The van der Waals surface area contributed by atoms with Gasteiger partial charge in [0.25, 0.3) is 0 Å². The molecule has 1 rings (SSSR count). The Hall–Kier alpha value is -1.04. The Labute approximate surface area is 99.8 Å². The van der Waals surface area contributed by atoms with Gasteiger partial charge < -0.3 is 4.74 Å². The van der Waals surface area contributed by atoms with Crippen molar-refractivity contribution in [1.82, 2.24) is 0 Å². The molecule has 0 aliphatic heterocycles. The van der Waals surface area contributed by atoms with Gasteiger partial charge in [0, 0.05) is 12.7 Å². The standard InChI is InChI=1S/C14H20OSi/c1-15-11-9-13-5-7-14(8-6-13)10-12-16(2,3)4/h5-8H,9,11H2,1-4H3. The van der Waals surface area contributed by atoms with Crippen molar-refractivity contribution in [2.24, 2.45) is 0 Å². The normalized spacial score (nSPS) is 10.8. The van der Waals surface area contributed by atoms with Crippen molar-refractivity contribution in [2.75, 3.05) is 13.7 Å². The third-order valence-electron chi connectivity index (χ3n) is 2.13. The molecule has 1 aromatic carbocycles. The zero-order valence-electron chi connectivity index (χ0n) is 10.6. The van der Waals surface area contributed by atoms with E-state index in [-0.39, 0.29) is 0 Å². The minimum Gasteiger partial charge on any atom is -0.384 e. The molecule has 0 unspecified atom stereocenters. The highest BCUT2D eigenvalue weighted by molar-refractivity contribution is 6.83. The van der Waals surface area contributed by atoms with Crippen molar-refractivity contribution in [3.05, 3.63) is 35.4 Å². The van der Waals surface area contributed by atoms with Crippen LogP contribution in [0.25, 0.3) is 0 Å². The SMILES string of the molecule is COCCc1ccc(C#C[Si](C)(C)C)cc1. The molecule has 86 valence electrons. The van der Waals surface area contributed by atoms with Gasteiger partial charge in [-0.3, -0.25) is 0 Å². The fourth-order valence-corrected chi connectivity index (χ4v) is 1.75. The molecular weight excluding hydrogens is 212 g/mol. The van der Waals surface area contributed by atoms with Crippen LogP contribution in [0.5, 0.6) is 0 Å². The van der Waals surface area contributed by atoms with Gasteiger partial charge in [0.05, 0.1) is 6.61 Å². The van der Waals surface area contributed by atoms with Gasteiger partial charge in [0.1, 0.15) is 8.07 Å². The average molecular weight is 232 g/mol. The summed E-state index contributed by atoms with van der Waals surface area (Å²) < 4.78 is 5.05. The Morgan fingerprint density at radius 3 is 2.25 bits per heavy atom. The van der Waals surface area contributed by atoms with E-state index in [1.807, 2.05) is 0 Å². The molecule has 2 heteroatoms. The summed E-state index contributed by atoms with van der Waals surface area (Å²) in [6, 6.07) is 8.46. The van der Waals surface area contributed by atoms with E-state index in [1.54, 1.807) is 7.11 Å². The van der Waals surface area contributed by atoms with Crippen molar-refractivity contribution in [3.8, 4) is 11.5 Å². The number of rotatable bonds is 3. The van der Waals surface area contributed by atoms with E-state index in [0.717, 1.165) is 18.6 Å². The molecule has 0 fully saturated rings. The molecule has 0 atom stereocenters. The lowest BCUT2D eigenvalue weighted by Crippen LogP contribution is -2.16. The second kappa shape index (κ2) is 5.88. The summed E-state index contributed by atoms with van der Waals surface area (Å²) >= 11 is 0. The van der Waals surface area contributed by atoms with Crippen LogP contribution in [0.4, 0.5) is 0 Å². The Balaban J connectivity index is 2.67. The Kier molecular flexibility index (Phi) is 4.79. The quantitative estimate of drug-likeness (QED) is 0.575. The monoisotopic (exact) mass is 232 g/mol. The minimum atomic E-state index is -1.26. The zero-order chi connectivity index (χ0) is 12.0. The fourth-order valence-electron chi connectivity index (χ4n) is 1.23. The van der Waals surface area contributed by atoms with Crippen LogP contribution in [-0.2, 0) is 11.2 Å². The molecule has 0 bridgehead atoms. The van der Waals surface area contributed by atoms with Crippen LogP contribution in [-0.4, -0.2) is 21.8 Å². The highest BCUT2D eigenvalue weighted by Gasteiger charge is 2.07. The summed E-state index contributed by atoms with van der Waals surface area (Å²) in [5.74, 6) is 3.25. The summed E-state index contributed by atoms with van der Waals surface area (Å²) in [5, 5.41) is 0. The summed E-state index contributed by atoms with van der Waals surface area (Å²) in [4.78, 5) is 0. The minimum absolute atomic E-state index is 0.778. The molecule has 1 nitrogen and oxygen atoms in total. The molecule has 0 heterocycles. The van der Waals surface area contributed by atoms with Gasteiger partial charge in [-0.1, -0.05) is 37.7 Å². The predicted molar refractivity (Wildman–Crippen MR) is 72.2 cm³/mol. The number of ether oxygens (including phenoxy) is 1. The predicted octanol–water partition coefficient (Wildman–Crippen LogP) is 3.10. The molecule has 0 amide bonds. The molecule has 0 aliphatic carbocycles. The first-order chi connectivity index (χ1) is 7.51. The van der Waals surface area contributed by atoms with Gasteiger partial charge in [-0.15, -0.1) is 5.54 Å². The molecule has 0 spiro atoms. The summed E-state index contributed by atoms with van der Waals surface area (Å²) in [5.41, 5.74) is 5.79. The molecule has 0 aliphatic rings. The Morgan fingerprint density at radius 2 is 1.75 bits per heavy atom. The van der Waals surface area contributed by atoms with E-state index >= 15 is 0 Å². The van der Waals surface area contributed by atoms with Crippen molar-refractivity contribution < 1.29 is 4.74 Å². The first kappa shape index (κ1) is 13.0. The summed E-state index contributed by atoms with van der Waals surface area (Å²) in [7, 11) is 0.474. The Morgan fingerprint density at radius 1 is 1.12 bits per heavy atom. The maximum Gasteiger partial charge on any atom is 0.129 e. The molecule has 1 aromatic rings.